The van der Waals surface area contributed by atoms with Crippen molar-refractivity contribution in [2.45, 2.75) is 6.42 Å². The lowest BCUT2D eigenvalue weighted by Crippen LogP contribution is -1.96. The lowest BCUT2D eigenvalue weighted by atomic mass is 10.1. The Bertz CT molecular complexity index is 1040. The van der Waals surface area contributed by atoms with Crippen LogP contribution in [-0.4, -0.2) is 4.57 Å². The molecule has 0 radical (unpaired) electrons. The first kappa shape index (κ1) is 13.0. The summed E-state index contributed by atoms with van der Waals surface area (Å²) in [5.74, 6) is 0. The van der Waals surface area contributed by atoms with Gasteiger partial charge in [0.1, 0.15) is 0 Å². The van der Waals surface area contributed by atoms with Crippen molar-refractivity contribution in [2.75, 3.05) is 0 Å². The first-order valence-corrected chi connectivity index (χ1v) is 8.17. The summed E-state index contributed by atoms with van der Waals surface area (Å²) in [6.45, 7) is 0. The smallest absolute Gasteiger partial charge is 0.0579 e. The largest absolute Gasteiger partial charge is 0.309 e. The van der Waals surface area contributed by atoms with Crippen molar-refractivity contribution >= 4 is 22.5 Å². The van der Waals surface area contributed by atoms with E-state index >= 15 is 0 Å². The molecule has 0 bridgehead atoms. The Hall–Kier alpha value is -2.51. The molecule has 0 fully saturated rings. The standard InChI is InChI=1S/C21H14ClN/c22-15-10-11-20-18(13-15)19-12-14-6-4-5-9-17(14)21(19)23(20)16-7-2-1-3-8-16/h1-11,13H,12H2. The summed E-state index contributed by atoms with van der Waals surface area (Å²) in [5, 5.41) is 2.05. The summed E-state index contributed by atoms with van der Waals surface area (Å²) in [6.07, 6.45) is 0.974. The summed E-state index contributed by atoms with van der Waals surface area (Å²) in [4.78, 5) is 0. The summed E-state index contributed by atoms with van der Waals surface area (Å²) in [7, 11) is 0. The monoisotopic (exact) mass is 315 g/mol. The van der Waals surface area contributed by atoms with Crippen LogP contribution in [0, 0.1) is 0 Å². The van der Waals surface area contributed by atoms with Crippen LogP contribution in [0.15, 0.2) is 72.8 Å². The van der Waals surface area contributed by atoms with Gasteiger partial charge >= 0.3 is 0 Å². The topological polar surface area (TPSA) is 4.93 Å². The van der Waals surface area contributed by atoms with E-state index in [2.05, 4.69) is 71.3 Å². The molecule has 0 atom stereocenters. The zero-order valence-corrected chi connectivity index (χ0v) is 13.2. The van der Waals surface area contributed by atoms with Crippen molar-refractivity contribution in [2.24, 2.45) is 0 Å². The molecule has 0 aliphatic heterocycles. The van der Waals surface area contributed by atoms with E-state index in [4.69, 9.17) is 11.6 Å². The van der Waals surface area contributed by atoms with E-state index in [1.807, 2.05) is 6.07 Å². The maximum absolute atomic E-state index is 6.28. The summed E-state index contributed by atoms with van der Waals surface area (Å²) in [6, 6.07) is 25.4. The minimum atomic E-state index is 0.793. The van der Waals surface area contributed by atoms with Crippen molar-refractivity contribution in [1.29, 1.82) is 0 Å². The van der Waals surface area contributed by atoms with E-state index in [1.165, 1.54) is 39.0 Å². The first-order chi connectivity index (χ1) is 11.3. The average molecular weight is 316 g/mol. The second-order valence-electron chi connectivity index (χ2n) is 5.99. The van der Waals surface area contributed by atoms with Crippen LogP contribution >= 0.6 is 11.6 Å². The zero-order valence-electron chi connectivity index (χ0n) is 12.5. The van der Waals surface area contributed by atoms with Crippen molar-refractivity contribution in [3.8, 4) is 16.9 Å². The second kappa shape index (κ2) is 4.74. The van der Waals surface area contributed by atoms with Crippen LogP contribution in [0.3, 0.4) is 0 Å². The molecule has 1 aliphatic carbocycles. The molecule has 1 heterocycles. The van der Waals surface area contributed by atoms with Gasteiger partial charge in [0.15, 0.2) is 0 Å². The Labute approximate surface area is 139 Å². The number of nitrogens with zero attached hydrogens (tertiary/aromatic N) is 1. The fourth-order valence-electron chi connectivity index (χ4n) is 3.73. The molecule has 0 unspecified atom stereocenters. The van der Waals surface area contributed by atoms with Gasteiger partial charge < -0.3 is 4.57 Å². The predicted molar refractivity (Wildman–Crippen MR) is 96.5 cm³/mol. The molecule has 2 heteroatoms. The normalized spacial score (nSPS) is 12.4. The number of fused-ring (bicyclic) bond motifs is 5. The van der Waals surface area contributed by atoms with Crippen LogP contribution in [0.2, 0.25) is 5.02 Å². The number of hydrogen-bond donors (Lipinski definition) is 0. The molecule has 110 valence electrons. The van der Waals surface area contributed by atoms with Gasteiger partial charge in [-0.15, -0.1) is 0 Å². The summed E-state index contributed by atoms with van der Waals surface area (Å²) in [5.41, 5.74) is 7.83. The van der Waals surface area contributed by atoms with Gasteiger partial charge in [-0.05, 0) is 41.5 Å². The fourth-order valence-corrected chi connectivity index (χ4v) is 3.90. The third-order valence-electron chi connectivity index (χ3n) is 4.69. The molecule has 0 amide bonds. The maximum Gasteiger partial charge on any atom is 0.0579 e. The lowest BCUT2D eigenvalue weighted by Gasteiger charge is -2.11. The minimum absolute atomic E-state index is 0.793. The van der Waals surface area contributed by atoms with Gasteiger partial charge in [-0.2, -0.15) is 0 Å². The highest BCUT2D eigenvalue weighted by atomic mass is 35.5. The van der Waals surface area contributed by atoms with E-state index in [-0.39, 0.29) is 0 Å². The maximum atomic E-state index is 6.28. The van der Waals surface area contributed by atoms with Crippen molar-refractivity contribution < 1.29 is 0 Å². The highest BCUT2D eigenvalue weighted by molar-refractivity contribution is 6.31. The second-order valence-corrected chi connectivity index (χ2v) is 6.43. The Balaban J connectivity index is 1.95. The Morgan fingerprint density at radius 3 is 2.48 bits per heavy atom. The number of hydrogen-bond acceptors (Lipinski definition) is 0. The number of halogens is 1. The van der Waals surface area contributed by atoms with Crippen LogP contribution < -0.4 is 0 Å². The van der Waals surface area contributed by atoms with Crippen LogP contribution in [0.25, 0.3) is 27.8 Å². The molecule has 3 aromatic carbocycles. The van der Waals surface area contributed by atoms with Crippen molar-refractivity contribution in [3.63, 3.8) is 0 Å². The summed E-state index contributed by atoms with van der Waals surface area (Å²) >= 11 is 6.28. The molecule has 0 N–H and O–H groups in total. The van der Waals surface area contributed by atoms with E-state index in [0.29, 0.717) is 0 Å². The van der Waals surface area contributed by atoms with Gasteiger partial charge in [-0.25, -0.2) is 0 Å². The number of rotatable bonds is 1. The number of para-hydroxylation sites is 1. The molecule has 0 saturated carbocycles. The molecular formula is C21H14ClN. The lowest BCUT2D eigenvalue weighted by molar-refractivity contribution is 1.13. The van der Waals surface area contributed by atoms with Crippen LogP contribution in [0.4, 0.5) is 0 Å². The third kappa shape index (κ3) is 1.80. The van der Waals surface area contributed by atoms with Gasteiger partial charge in [0.25, 0.3) is 0 Å². The van der Waals surface area contributed by atoms with E-state index < -0.39 is 0 Å². The van der Waals surface area contributed by atoms with Crippen LogP contribution in [0.5, 0.6) is 0 Å². The molecule has 23 heavy (non-hydrogen) atoms. The molecule has 0 saturated heterocycles. The van der Waals surface area contributed by atoms with Gasteiger partial charge in [-0.1, -0.05) is 54.1 Å². The quantitative estimate of drug-likeness (QED) is 0.365. The van der Waals surface area contributed by atoms with Crippen molar-refractivity contribution in [1.82, 2.24) is 4.57 Å². The predicted octanol–water partition coefficient (Wildman–Crippen LogP) is 5.86. The number of aromatic nitrogens is 1. The van der Waals surface area contributed by atoms with Crippen molar-refractivity contribution in [3.05, 3.63) is 88.9 Å². The zero-order chi connectivity index (χ0) is 15.4. The molecule has 0 spiro atoms. The molecule has 5 rings (SSSR count). The third-order valence-corrected chi connectivity index (χ3v) is 4.92. The van der Waals surface area contributed by atoms with Gasteiger partial charge in [0.2, 0.25) is 0 Å². The van der Waals surface area contributed by atoms with E-state index in [0.717, 1.165) is 11.4 Å². The SMILES string of the molecule is Clc1ccc2c(c1)c1c(n2-c2ccccc2)-c2ccccc2C1. The highest BCUT2D eigenvalue weighted by Gasteiger charge is 2.26. The fraction of sp³-hybridized carbons (Fsp3) is 0.0476. The first-order valence-electron chi connectivity index (χ1n) is 7.79. The van der Waals surface area contributed by atoms with E-state index in [9.17, 15) is 0 Å². The number of benzene rings is 3. The molecule has 1 aromatic heterocycles. The summed E-state index contributed by atoms with van der Waals surface area (Å²) < 4.78 is 2.37. The highest BCUT2D eigenvalue weighted by Crippen LogP contribution is 2.44. The van der Waals surface area contributed by atoms with Crippen LogP contribution in [0.1, 0.15) is 11.1 Å². The minimum Gasteiger partial charge on any atom is -0.309 e. The molecule has 1 nitrogen and oxygen atoms in total. The molecular weight excluding hydrogens is 302 g/mol. The Morgan fingerprint density at radius 2 is 1.61 bits per heavy atom. The molecule has 1 aliphatic rings. The van der Waals surface area contributed by atoms with Crippen LogP contribution in [-0.2, 0) is 6.42 Å². The van der Waals surface area contributed by atoms with Gasteiger partial charge in [0.05, 0.1) is 11.2 Å². The van der Waals surface area contributed by atoms with E-state index in [1.54, 1.807) is 0 Å². The van der Waals surface area contributed by atoms with Gasteiger partial charge in [-0.3, -0.25) is 0 Å². The average Bonchev–Trinajstić information content (AvgIpc) is 3.10. The molecule has 4 aromatic rings. The Kier molecular flexibility index (Phi) is 2.67. The van der Waals surface area contributed by atoms with Gasteiger partial charge in [0, 0.05) is 28.1 Å². The Morgan fingerprint density at radius 1 is 0.826 bits per heavy atom.